The zero-order valence-electron chi connectivity index (χ0n) is 9.90. The summed E-state index contributed by atoms with van der Waals surface area (Å²) in [6.07, 6.45) is 0.700. The van der Waals surface area contributed by atoms with Crippen molar-refractivity contribution in [2.75, 3.05) is 19.7 Å². The van der Waals surface area contributed by atoms with Gasteiger partial charge in [-0.25, -0.2) is 0 Å². The van der Waals surface area contributed by atoms with E-state index in [9.17, 15) is 4.79 Å². The molecule has 0 aromatic carbocycles. The number of amides is 1. The molecule has 1 aliphatic heterocycles. The zero-order chi connectivity index (χ0) is 11.4. The lowest BCUT2D eigenvalue weighted by atomic mass is 10.1. The smallest absolute Gasteiger partial charge is 0.223 e. The first-order chi connectivity index (χ1) is 7.04. The molecule has 1 heterocycles. The van der Waals surface area contributed by atoms with Gasteiger partial charge in [0.05, 0.1) is 18.8 Å². The Bertz CT molecular complexity index is 221. The Morgan fingerprint density at radius 2 is 2.27 bits per heavy atom. The van der Waals surface area contributed by atoms with Crippen molar-refractivity contribution in [3.8, 4) is 0 Å². The average Bonchev–Trinajstić information content (AvgIpc) is 2.21. The van der Waals surface area contributed by atoms with Gasteiger partial charge in [0, 0.05) is 13.0 Å². The molecule has 1 amide bonds. The van der Waals surface area contributed by atoms with Gasteiger partial charge in [0.1, 0.15) is 0 Å². The minimum atomic E-state index is 0.151. The third-order valence-electron chi connectivity index (χ3n) is 2.85. The van der Waals surface area contributed by atoms with Crippen molar-refractivity contribution in [1.82, 2.24) is 4.90 Å². The highest BCUT2D eigenvalue weighted by molar-refractivity contribution is 5.76. The number of hydrogen-bond donors (Lipinski definition) is 1. The molecule has 3 unspecified atom stereocenters. The molecule has 1 rings (SSSR count). The van der Waals surface area contributed by atoms with Crippen LogP contribution in [0.3, 0.4) is 0 Å². The van der Waals surface area contributed by atoms with E-state index in [0.717, 1.165) is 0 Å². The highest BCUT2D eigenvalue weighted by atomic mass is 16.5. The Balaban J connectivity index is 2.49. The number of carbonyl (C=O) groups is 1. The van der Waals surface area contributed by atoms with Gasteiger partial charge >= 0.3 is 0 Å². The van der Waals surface area contributed by atoms with Crippen molar-refractivity contribution >= 4 is 5.91 Å². The molecule has 0 saturated carbocycles. The Morgan fingerprint density at radius 3 is 2.87 bits per heavy atom. The van der Waals surface area contributed by atoms with Gasteiger partial charge in [-0.3, -0.25) is 4.79 Å². The van der Waals surface area contributed by atoms with E-state index in [1.807, 2.05) is 25.7 Å². The maximum Gasteiger partial charge on any atom is 0.223 e. The van der Waals surface area contributed by atoms with Gasteiger partial charge in [-0.15, -0.1) is 0 Å². The fourth-order valence-corrected chi connectivity index (χ4v) is 1.75. The molecule has 1 fully saturated rings. The highest BCUT2D eigenvalue weighted by Crippen LogP contribution is 2.14. The largest absolute Gasteiger partial charge is 0.375 e. The van der Waals surface area contributed by atoms with Crippen LogP contribution in [0.5, 0.6) is 0 Å². The molecule has 0 bridgehead atoms. The number of nitrogens with zero attached hydrogens (tertiary/aromatic N) is 1. The van der Waals surface area contributed by atoms with Crippen LogP contribution in [0.1, 0.15) is 27.2 Å². The second kappa shape index (κ2) is 5.47. The van der Waals surface area contributed by atoms with Crippen LogP contribution in [-0.2, 0) is 9.53 Å². The van der Waals surface area contributed by atoms with Crippen LogP contribution >= 0.6 is 0 Å². The van der Waals surface area contributed by atoms with Gasteiger partial charge in [0.2, 0.25) is 5.91 Å². The third-order valence-corrected chi connectivity index (χ3v) is 2.85. The zero-order valence-corrected chi connectivity index (χ0v) is 9.90. The van der Waals surface area contributed by atoms with E-state index in [1.54, 1.807) is 0 Å². The van der Waals surface area contributed by atoms with Crippen molar-refractivity contribution in [3.63, 3.8) is 0 Å². The van der Waals surface area contributed by atoms with Crippen molar-refractivity contribution in [2.24, 2.45) is 11.7 Å². The summed E-state index contributed by atoms with van der Waals surface area (Å²) in [5.74, 6) is 0.471. The van der Waals surface area contributed by atoms with Gasteiger partial charge in [-0.05, 0) is 26.3 Å². The predicted octanol–water partition coefficient (Wildman–Crippen LogP) is 0.607. The molecule has 0 radical (unpaired) electrons. The number of carbonyl (C=O) groups excluding carboxylic acids is 1. The Kier molecular flexibility index (Phi) is 4.54. The summed E-state index contributed by atoms with van der Waals surface area (Å²) < 4.78 is 5.48. The molecule has 0 aliphatic carbocycles. The van der Waals surface area contributed by atoms with Gasteiger partial charge in [-0.2, -0.15) is 0 Å². The van der Waals surface area contributed by atoms with Crippen LogP contribution in [0.15, 0.2) is 0 Å². The first-order valence-electron chi connectivity index (χ1n) is 5.65. The van der Waals surface area contributed by atoms with Crippen LogP contribution in [0.4, 0.5) is 0 Å². The molecule has 1 aliphatic rings. The summed E-state index contributed by atoms with van der Waals surface area (Å²) in [7, 11) is 0. The Hall–Kier alpha value is -0.610. The second-order valence-corrected chi connectivity index (χ2v) is 4.58. The van der Waals surface area contributed by atoms with E-state index >= 15 is 0 Å². The van der Waals surface area contributed by atoms with E-state index in [2.05, 4.69) is 0 Å². The summed E-state index contributed by atoms with van der Waals surface area (Å²) in [6.45, 7) is 7.95. The molecule has 2 N–H and O–H groups in total. The Labute approximate surface area is 91.8 Å². The molecule has 3 atom stereocenters. The van der Waals surface area contributed by atoms with Gasteiger partial charge in [0.25, 0.3) is 0 Å². The fourth-order valence-electron chi connectivity index (χ4n) is 1.75. The predicted molar refractivity (Wildman–Crippen MR) is 59.4 cm³/mol. The molecule has 4 heteroatoms. The van der Waals surface area contributed by atoms with Crippen molar-refractivity contribution in [2.45, 2.75) is 39.3 Å². The number of morpholine rings is 1. The molecule has 0 spiro atoms. The van der Waals surface area contributed by atoms with Crippen LogP contribution in [0.25, 0.3) is 0 Å². The summed E-state index contributed by atoms with van der Waals surface area (Å²) in [6, 6.07) is 0.193. The van der Waals surface area contributed by atoms with Crippen LogP contribution in [0, 0.1) is 5.92 Å². The molecular weight excluding hydrogens is 192 g/mol. The molecule has 1 saturated heterocycles. The first-order valence-corrected chi connectivity index (χ1v) is 5.65. The summed E-state index contributed by atoms with van der Waals surface area (Å²) >= 11 is 0. The monoisotopic (exact) mass is 214 g/mol. The van der Waals surface area contributed by atoms with E-state index in [0.29, 0.717) is 26.1 Å². The molecule has 15 heavy (non-hydrogen) atoms. The lowest BCUT2D eigenvalue weighted by Gasteiger charge is -2.37. The third kappa shape index (κ3) is 3.47. The van der Waals surface area contributed by atoms with E-state index in [-0.39, 0.29) is 24.0 Å². The van der Waals surface area contributed by atoms with Gasteiger partial charge in [-0.1, -0.05) is 6.92 Å². The van der Waals surface area contributed by atoms with Crippen LogP contribution in [-0.4, -0.2) is 42.6 Å². The summed E-state index contributed by atoms with van der Waals surface area (Å²) in [5.41, 5.74) is 5.52. The van der Waals surface area contributed by atoms with Crippen molar-refractivity contribution in [1.29, 1.82) is 0 Å². The van der Waals surface area contributed by atoms with Gasteiger partial charge < -0.3 is 15.4 Å². The first kappa shape index (κ1) is 12.5. The van der Waals surface area contributed by atoms with Crippen LogP contribution < -0.4 is 5.73 Å². The minimum absolute atomic E-state index is 0.151. The van der Waals surface area contributed by atoms with E-state index in [4.69, 9.17) is 10.5 Å². The summed E-state index contributed by atoms with van der Waals surface area (Å²) in [5, 5.41) is 0. The number of hydrogen-bond acceptors (Lipinski definition) is 3. The molecule has 88 valence electrons. The maximum atomic E-state index is 11.9. The maximum absolute atomic E-state index is 11.9. The minimum Gasteiger partial charge on any atom is -0.375 e. The standard InChI is InChI=1S/C11H22N2O2/c1-8(5-12)4-11(14)13-6-10(3)15-7-9(13)2/h8-10H,4-7,12H2,1-3H3. The quantitative estimate of drug-likeness (QED) is 0.749. The fraction of sp³-hybridized carbons (Fsp3) is 0.909. The van der Waals surface area contributed by atoms with E-state index in [1.165, 1.54) is 0 Å². The second-order valence-electron chi connectivity index (χ2n) is 4.58. The normalized spacial score (nSPS) is 28.9. The van der Waals surface area contributed by atoms with Crippen molar-refractivity contribution < 1.29 is 9.53 Å². The SMILES string of the molecule is CC(CN)CC(=O)N1CC(C)OCC1C. The lowest BCUT2D eigenvalue weighted by Crippen LogP contribution is -2.50. The van der Waals surface area contributed by atoms with E-state index < -0.39 is 0 Å². The lowest BCUT2D eigenvalue weighted by molar-refractivity contribution is -0.144. The molecule has 4 nitrogen and oxygen atoms in total. The number of rotatable bonds is 3. The van der Waals surface area contributed by atoms with Gasteiger partial charge in [0.15, 0.2) is 0 Å². The van der Waals surface area contributed by atoms with Crippen LogP contribution in [0.2, 0.25) is 0 Å². The summed E-state index contributed by atoms with van der Waals surface area (Å²) in [4.78, 5) is 13.9. The Morgan fingerprint density at radius 1 is 1.60 bits per heavy atom. The number of nitrogens with two attached hydrogens (primary N) is 1. The molecule has 0 aromatic heterocycles. The average molecular weight is 214 g/mol. The highest BCUT2D eigenvalue weighted by Gasteiger charge is 2.27. The molecular formula is C11H22N2O2. The molecule has 0 aromatic rings. The topological polar surface area (TPSA) is 55.6 Å². The van der Waals surface area contributed by atoms with Crippen molar-refractivity contribution in [3.05, 3.63) is 0 Å². The number of ether oxygens (including phenoxy) is 1.